The molecule has 0 unspecified atom stereocenters. The Bertz CT molecular complexity index is 784. The summed E-state index contributed by atoms with van der Waals surface area (Å²) in [6.45, 7) is 0. The highest BCUT2D eigenvalue weighted by Gasteiger charge is 2.42. The fourth-order valence-corrected chi connectivity index (χ4v) is 3.15. The highest BCUT2D eigenvalue weighted by Crippen LogP contribution is 2.26. The second kappa shape index (κ2) is 6.65. The van der Waals surface area contributed by atoms with E-state index in [4.69, 9.17) is 0 Å². The van der Waals surface area contributed by atoms with Gasteiger partial charge in [0, 0.05) is 6.42 Å². The van der Waals surface area contributed by atoms with Gasteiger partial charge in [0.05, 0.1) is 16.5 Å². The summed E-state index contributed by atoms with van der Waals surface area (Å²) in [6, 6.07) is 11.2. The van der Waals surface area contributed by atoms with Crippen molar-refractivity contribution in [2.75, 3.05) is 5.33 Å². The van der Waals surface area contributed by atoms with Gasteiger partial charge in [-0.25, -0.2) is 4.39 Å². The van der Waals surface area contributed by atoms with Crippen molar-refractivity contribution in [3.05, 3.63) is 71.0 Å². The van der Waals surface area contributed by atoms with Gasteiger partial charge in [-0.2, -0.15) is 0 Å². The summed E-state index contributed by atoms with van der Waals surface area (Å²) < 4.78 is 13.1. The van der Waals surface area contributed by atoms with Crippen LogP contribution >= 0.6 is 15.9 Å². The maximum absolute atomic E-state index is 13.1. The fourth-order valence-electron chi connectivity index (χ4n) is 2.77. The fraction of sp³-hybridized carbons (Fsp3) is 0.167. The van der Waals surface area contributed by atoms with E-state index in [9.17, 15) is 18.8 Å². The Kier molecular flexibility index (Phi) is 4.57. The Balaban J connectivity index is 1.95. The summed E-state index contributed by atoms with van der Waals surface area (Å²) in [5.74, 6) is -1.62. The zero-order chi connectivity index (χ0) is 17.3. The number of rotatable bonds is 5. The minimum atomic E-state index is -0.928. The van der Waals surface area contributed by atoms with Crippen molar-refractivity contribution in [1.29, 1.82) is 0 Å². The Morgan fingerprint density at radius 2 is 1.54 bits per heavy atom. The van der Waals surface area contributed by atoms with Crippen LogP contribution in [0.25, 0.3) is 0 Å². The minimum Gasteiger partial charge on any atom is -0.296 e. The molecule has 0 bridgehead atoms. The number of alkyl halides is 1. The standard InChI is InChI=1S/C18H13BrFNO3/c19-10-16(22)15(9-11-5-7-12(20)8-6-11)21-17(23)13-3-1-2-4-14(13)18(21)24/h1-8,15H,9-10H2/t15-/m0/s1. The molecule has 0 aromatic heterocycles. The summed E-state index contributed by atoms with van der Waals surface area (Å²) in [5, 5.41) is 0.0201. The van der Waals surface area contributed by atoms with Gasteiger partial charge < -0.3 is 0 Å². The van der Waals surface area contributed by atoms with Crippen LogP contribution < -0.4 is 0 Å². The highest BCUT2D eigenvalue weighted by atomic mass is 79.9. The molecule has 2 amide bonds. The number of benzene rings is 2. The average Bonchev–Trinajstić information content (AvgIpc) is 2.85. The molecule has 6 heteroatoms. The molecule has 24 heavy (non-hydrogen) atoms. The van der Waals surface area contributed by atoms with Gasteiger partial charge in [-0.1, -0.05) is 40.2 Å². The van der Waals surface area contributed by atoms with Crippen LogP contribution in [0.15, 0.2) is 48.5 Å². The van der Waals surface area contributed by atoms with Crippen molar-refractivity contribution in [3.63, 3.8) is 0 Å². The third kappa shape index (κ3) is 2.89. The maximum atomic E-state index is 13.1. The largest absolute Gasteiger partial charge is 0.296 e. The lowest BCUT2D eigenvalue weighted by Gasteiger charge is -2.24. The average molecular weight is 390 g/mol. The molecule has 3 rings (SSSR count). The van der Waals surface area contributed by atoms with Crippen molar-refractivity contribution < 1.29 is 18.8 Å². The lowest BCUT2D eigenvalue weighted by atomic mass is 10.0. The lowest BCUT2D eigenvalue weighted by Crippen LogP contribution is -2.46. The van der Waals surface area contributed by atoms with E-state index < -0.39 is 17.9 Å². The number of amides is 2. The second-order valence-electron chi connectivity index (χ2n) is 5.47. The molecule has 2 aromatic carbocycles. The molecule has 0 radical (unpaired) electrons. The molecule has 0 saturated carbocycles. The minimum absolute atomic E-state index is 0.0201. The first-order valence-corrected chi connectivity index (χ1v) is 8.45. The van der Waals surface area contributed by atoms with Crippen molar-refractivity contribution in [2.24, 2.45) is 0 Å². The molecule has 0 spiro atoms. The molecule has 1 heterocycles. The first-order valence-electron chi connectivity index (χ1n) is 7.33. The molecule has 0 N–H and O–H groups in total. The van der Waals surface area contributed by atoms with E-state index >= 15 is 0 Å². The van der Waals surface area contributed by atoms with Gasteiger partial charge >= 0.3 is 0 Å². The number of carbonyl (C=O) groups excluding carboxylic acids is 3. The Morgan fingerprint density at radius 3 is 2.04 bits per heavy atom. The number of imide groups is 1. The van der Waals surface area contributed by atoms with E-state index in [1.165, 1.54) is 12.1 Å². The number of fused-ring (bicyclic) bond motifs is 1. The van der Waals surface area contributed by atoms with Crippen LogP contribution in [0.2, 0.25) is 0 Å². The third-order valence-electron chi connectivity index (χ3n) is 3.98. The number of hydrogen-bond donors (Lipinski definition) is 0. The van der Waals surface area contributed by atoms with Gasteiger partial charge in [-0.15, -0.1) is 0 Å². The molecule has 0 aliphatic carbocycles. The van der Waals surface area contributed by atoms with Crippen molar-refractivity contribution in [1.82, 2.24) is 4.90 Å². The number of ketones is 1. The van der Waals surface area contributed by atoms with Crippen molar-refractivity contribution in [3.8, 4) is 0 Å². The summed E-state index contributed by atoms with van der Waals surface area (Å²) in [7, 11) is 0. The second-order valence-corrected chi connectivity index (χ2v) is 6.03. The predicted molar refractivity (Wildman–Crippen MR) is 89.6 cm³/mol. The van der Waals surface area contributed by atoms with E-state index in [-0.39, 0.29) is 23.4 Å². The number of halogens is 2. The van der Waals surface area contributed by atoms with Gasteiger partial charge in [0.1, 0.15) is 11.9 Å². The zero-order valence-corrected chi connectivity index (χ0v) is 14.1. The van der Waals surface area contributed by atoms with Crippen LogP contribution in [0.4, 0.5) is 4.39 Å². The first-order chi connectivity index (χ1) is 11.5. The van der Waals surface area contributed by atoms with E-state index in [0.717, 1.165) is 4.90 Å². The first kappa shape index (κ1) is 16.5. The van der Waals surface area contributed by atoms with E-state index in [0.29, 0.717) is 16.7 Å². The summed E-state index contributed by atoms with van der Waals surface area (Å²) >= 11 is 3.10. The van der Waals surface area contributed by atoms with E-state index in [1.54, 1.807) is 36.4 Å². The molecule has 2 aromatic rings. The summed E-state index contributed by atoms with van der Waals surface area (Å²) in [4.78, 5) is 38.5. The molecule has 0 fully saturated rings. The maximum Gasteiger partial charge on any atom is 0.262 e. The van der Waals surface area contributed by atoms with Crippen LogP contribution in [0.3, 0.4) is 0 Å². The molecule has 0 saturated heterocycles. The molecule has 1 aliphatic heterocycles. The zero-order valence-electron chi connectivity index (χ0n) is 12.5. The summed E-state index contributed by atoms with van der Waals surface area (Å²) in [6.07, 6.45) is 0.149. The topological polar surface area (TPSA) is 54.5 Å². The number of carbonyl (C=O) groups is 3. The third-order valence-corrected chi connectivity index (χ3v) is 4.54. The Morgan fingerprint density at radius 1 is 1.00 bits per heavy atom. The smallest absolute Gasteiger partial charge is 0.262 e. The van der Waals surface area contributed by atoms with Crippen molar-refractivity contribution in [2.45, 2.75) is 12.5 Å². The van der Waals surface area contributed by atoms with Crippen molar-refractivity contribution >= 4 is 33.5 Å². The van der Waals surface area contributed by atoms with Gasteiger partial charge in [-0.3, -0.25) is 19.3 Å². The molecule has 1 aliphatic rings. The van der Waals surface area contributed by atoms with Crippen LogP contribution in [0.1, 0.15) is 26.3 Å². The number of Topliss-reactive ketones (excluding diaryl/α,β-unsaturated/α-hetero) is 1. The van der Waals surface area contributed by atoms with Crippen LogP contribution in [-0.4, -0.2) is 33.9 Å². The molecule has 122 valence electrons. The Labute approximate surface area is 146 Å². The van der Waals surface area contributed by atoms with Gasteiger partial charge in [0.25, 0.3) is 11.8 Å². The molecular weight excluding hydrogens is 377 g/mol. The highest BCUT2D eigenvalue weighted by molar-refractivity contribution is 9.09. The molecular formula is C18H13BrFNO3. The number of hydrogen-bond acceptors (Lipinski definition) is 3. The van der Waals surface area contributed by atoms with Gasteiger partial charge in [-0.05, 0) is 29.8 Å². The summed E-state index contributed by atoms with van der Waals surface area (Å²) in [5.41, 5.74) is 1.27. The van der Waals surface area contributed by atoms with Gasteiger partial charge in [0.2, 0.25) is 0 Å². The molecule has 4 nitrogen and oxygen atoms in total. The SMILES string of the molecule is O=C(CBr)[C@H](Cc1ccc(F)cc1)N1C(=O)c2ccccc2C1=O. The quantitative estimate of drug-likeness (QED) is 0.583. The normalized spacial score (nSPS) is 14.7. The number of nitrogens with zero attached hydrogens (tertiary/aromatic N) is 1. The predicted octanol–water partition coefficient (Wildman–Crippen LogP) is 3.00. The molecule has 1 atom stereocenters. The van der Waals surface area contributed by atoms with Gasteiger partial charge in [0.15, 0.2) is 5.78 Å². The monoisotopic (exact) mass is 389 g/mol. The van der Waals surface area contributed by atoms with E-state index in [2.05, 4.69) is 15.9 Å². The van der Waals surface area contributed by atoms with Crippen LogP contribution in [0, 0.1) is 5.82 Å². The van der Waals surface area contributed by atoms with Crippen LogP contribution in [0.5, 0.6) is 0 Å². The van der Waals surface area contributed by atoms with Crippen LogP contribution in [-0.2, 0) is 11.2 Å². The Hall–Kier alpha value is -2.34. The lowest BCUT2D eigenvalue weighted by molar-refractivity contribution is -0.120. The van der Waals surface area contributed by atoms with E-state index in [1.807, 2.05) is 0 Å².